The Hall–Kier alpha value is -2.55. The molecule has 0 bridgehead atoms. The highest BCUT2D eigenvalue weighted by Gasteiger charge is 2.12. The summed E-state index contributed by atoms with van der Waals surface area (Å²) in [4.78, 5) is 34.6. The molecule has 9 heteroatoms. The van der Waals surface area contributed by atoms with Crippen molar-refractivity contribution in [3.63, 3.8) is 0 Å². The SMILES string of the molecule is CCOc1cc(C(=O)Nc2nc(CC(N)=O)cs2)ncn1. The van der Waals surface area contributed by atoms with Gasteiger partial charge in [-0.1, -0.05) is 0 Å². The van der Waals surface area contributed by atoms with E-state index in [-0.39, 0.29) is 12.1 Å². The van der Waals surface area contributed by atoms with Crippen molar-refractivity contribution in [3.8, 4) is 5.88 Å². The number of nitrogens with two attached hydrogens (primary N) is 1. The van der Waals surface area contributed by atoms with Gasteiger partial charge in [-0.25, -0.2) is 15.0 Å². The lowest BCUT2D eigenvalue weighted by molar-refractivity contribution is -0.117. The molecule has 0 saturated carbocycles. The number of rotatable bonds is 6. The van der Waals surface area contributed by atoms with Crippen molar-refractivity contribution >= 4 is 28.3 Å². The number of thiazole rings is 1. The van der Waals surface area contributed by atoms with Crippen LogP contribution in [0.3, 0.4) is 0 Å². The van der Waals surface area contributed by atoms with Gasteiger partial charge in [0.1, 0.15) is 12.0 Å². The number of primary amides is 1. The molecule has 0 aromatic carbocycles. The Labute approximate surface area is 124 Å². The first-order valence-electron chi connectivity index (χ1n) is 6.07. The van der Waals surface area contributed by atoms with Gasteiger partial charge in [-0.3, -0.25) is 14.9 Å². The molecule has 2 heterocycles. The van der Waals surface area contributed by atoms with E-state index >= 15 is 0 Å². The van der Waals surface area contributed by atoms with Crippen molar-refractivity contribution in [1.29, 1.82) is 0 Å². The highest BCUT2D eigenvalue weighted by atomic mass is 32.1. The quantitative estimate of drug-likeness (QED) is 0.806. The van der Waals surface area contributed by atoms with Crippen molar-refractivity contribution in [2.24, 2.45) is 5.73 Å². The fraction of sp³-hybridized carbons (Fsp3) is 0.250. The van der Waals surface area contributed by atoms with Crippen molar-refractivity contribution in [3.05, 3.63) is 29.2 Å². The Morgan fingerprint density at radius 1 is 1.43 bits per heavy atom. The lowest BCUT2D eigenvalue weighted by Crippen LogP contribution is -2.15. The summed E-state index contributed by atoms with van der Waals surface area (Å²) in [5.74, 6) is -0.583. The van der Waals surface area contributed by atoms with Crippen LogP contribution in [-0.4, -0.2) is 33.4 Å². The van der Waals surface area contributed by atoms with Crippen LogP contribution in [-0.2, 0) is 11.2 Å². The van der Waals surface area contributed by atoms with Crippen LogP contribution in [0.15, 0.2) is 17.8 Å². The molecule has 0 atom stereocenters. The average Bonchev–Trinajstić information content (AvgIpc) is 2.86. The Balaban J connectivity index is 2.05. The van der Waals surface area contributed by atoms with Gasteiger partial charge in [0.15, 0.2) is 5.13 Å². The Kier molecular flexibility index (Phi) is 4.77. The third-order valence-corrected chi connectivity index (χ3v) is 3.10. The van der Waals surface area contributed by atoms with Crippen molar-refractivity contribution in [2.45, 2.75) is 13.3 Å². The number of hydrogen-bond donors (Lipinski definition) is 2. The summed E-state index contributed by atoms with van der Waals surface area (Å²) in [7, 11) is 0. The number of nitrogens with zero attached hydrogens (tertiary/aromatic N) is 3. The Bertz CT molecular complexity index is 658. The first kappa shape index (κ1) is 14.9. The van der Waals surface area contributed by atoms with Crippen LogP contribution >= 0.6 is 11.3 Å². The van der Waals surface area contributed by atoms with Crippen LogP contribution < -0.4 is 15.8 Å². The number of ether oxygens (including phenoxy) is 1. The van der Waals surface area contributed by atoms with Crippen molar-refractivity contribution in [2.75, 3.05) is 11.9 Å². The summed E-state index contributed by atoms with van der Waals surface area (Å²) in [6, 6.07) is 1.44. The smallest absolute Gasteiger partial charge is 0.276 e. The molecule has 2 amide bonds. The minimum Gasteiger partial charge on any atom is -0.478 e. The van der Waals surface area contributed by atoms with Crippen LogP contribution in [0.1, 0.15) is 23.1 Å². The molecule has 0 fully saturated rings. The molecule has 0 unspecified atom stereocenters. The maximum absolute atomic E-state index is 12.0. The van der Waals surface area contributed by atoms with Gasteiger partial charge in [0, 0.05) is 11.4 Å². The maximum atomic E-state index is 12.0. The predicted octanol–water partition coefficient (Wildman–Crippen LogP) is 0.612. The number of carbonyl (C=O) groups excluding carboxylic acids is 2. The summed E-state index contributed by atoms with van der Waals surface area (Å²) < 4.78 is 5.20. The summed E-state index contributed by atoms with van der Waals surface area (Å²) in [6.45, 7) is 2.26. The van der Waals surface area contributed by atoms with E-state index < -0.39 is 11.8 Å². The van der Waals surface area contributed by atoms with Crippen molar-refractivity contribution in [1.82, 2.24) is 15.0 Å². The van der Waals surface area contributed by atoms with Gasteiger partial charge in [-0.05, 0) is 6.92 Å². The third kappa shape index (κ3) is 4.21. The molecule has 3 N–H and O–H groups in total. The predicted molar refractivity (Wildman–Crippen MR) is 76.2 cm³/mol. The fourth-order valence-electron chi connectivity index (χ4n) is 1.48. The minimum atomic E-state index is -0.477. The summed E-state index contributed by atoms with van der Waals surface area (Å²) >= 11 is 1.20. The second-order valence-electron chi connectivity index (χ2n) is 3.92. The molecule has 0 spiro atoms. The zero-order chi connectivity index (χ0) is 15.2. The molecule has 0 aliphatic rings. The zero-order valence-corrected chi connectivity index (χ0v) is 12.0. The van der Waals surface area contributed by atoms with Crippen LogP contribution in [0.5, 0.6) is 5.88 Å². The second kappa shape index (κ2) is 6.75. The lowest BCUT2D eigenvalue weighted by atomic mass is 10.3. The first-order chi connectivity index (χ1) is 10.1. The molecule has 2 aromatic heterocycles. The monoisotopic (exact) mass is 307 g/mol. The van der Waals surface area contributed by atoms with Gasteiger partial charge in [0.2, 0.25) is 11.8 Å². The second-order valence-corrected chi connectivity index (χ2v) is 4.77. The zero-order valence-electron chi connectivity index (χ0n) is 11.2. The van der Waals surface area contributed by atoms with Gasteiger partial charge < -0.3 is 10.5 Å². The molecule has 21 heavy (non-hydrogen) atoms. The van der Waals surface area contributed by atoms with E-state index in [9.17, 15) is 9.59 Å². The first-order valence-corrected chi connectivity index (χ1v) is 6.95. The number of anilines is 1. The number of aromatic nitrogens is 3. The molecule has 110 valence electrons. The van der Waals surface area contributed by atoms with Crippen LogP contribution in [0.4, 0.5) is 5.13 Å². The van der Waals surface area contributed by atoms with Crippen LogP contribution in [0.25, 0.3) is 0 Å². The molecule has 2 aromatic rings. The molecular weight excluding hydrogens is 294 g/mol. The van der Waals surface area contributed by atoms with Gasteiger partial charge in [-0.15, -0.1) is 11.3 Å². The number of amides is 2. The molecule has 0 saturated heterocycles. The fourth-order valence-corrected chi connectivity index (χ4v) is 2.18. The normalized spacial score (nSPS) is 10.1. The molecule has 0 aliphatic carbocycles. The van der Waals surface area contributed by atoms with Gasteiger partial charge in [0.25, 0.3) is 5.91 Å². The Morgan fingerprint density at radius 2 is 2.24 bits per heavy atom. The number of nitrogens with one attached hydrogen (secondary N) is 1. The van der Waals surface area contributed by atoms with Crippen molar-refractivity contribution < 1.29 is 14.3 Å². The summed E-state index contributed by atoms with van der Waals surface area (Å²) in [5, 5.41) is 4.62. The van der Waals surface area contributed by atoms with Crippen LogP contribution in [0.2, 0.25) is 0 Å². The third-order valence-electron chi connectivity index (χ3n) is 2.29. The van der Waals surface area contributed by atoms with E-state index in [0.717, 1.165) is 0 Å². The van der Waals surface area contributed by atoms with E-state index in [1.165, 1.54) is 23.7 Å². The van der Waals surface area contributed by atoms with Crippen LogP contribution in [0, 0.1) is 0 Å². The number of hydrogen-bond acceptors (Lipinski definition) is 7. The van der Waals surface area contributed by atoms with E-state index in [1.807, 2.05) is 6.92 Å². The van der Waals surface area contributed by atoms with Gasteiger partial charge >= 0.3 is 0 Å². The average molecular weight is 307 g/mol. The molecule has 0 aliphatic heterocycles. The van der Waals surface area contributed by atoms with Gasteiger partial charge in [0.05, 0.1) is 18.7 Å². The largest absolute Gasteiger partial charge is 0.478 e. The standard InChI is InChI=1S/C12H13N5O3S/c1-2-20-10-4-8(14-6-15-10)11(19)17-12-16-7(5-21-12)3-9(13)18/h4-6H,2-3H2,1H3,(H2,13,18)(H,16,17,19). The van der Waals surface area contributed by atoms with E-state index in [1.54, 1.807) is 5.38 Å². The summed E-state index contributed by atoms with van der Waals surface area (Å²) in [5.41, 5.74) is 5.76. The minimum absolute atomic E-state index is 0.0361. The highest BCUT2D eigenvalue weighted by molar-refractivity contribution is 7.14. The number of carbonyl (C=O) groups is 2. The maximum Gasteiger partial charge on any atom is 0.276 e. The van der Waals surface area contributed by atoms with Gasteiger partial charge in [-0.2, -0.15) is 0 Å². The summed E-state index contributed by atoms with van der Waals surface area (Å²) in [6.07, 6.45) is 1.29. The molecular formula is C12H13N5O3S. The van der Waals surface area contributed by atoms with E-state index in [2.05, 4.69) is 20.3 Å². The molecule has 0 radical (unpaired) electrons. The molecule has 2 rings (SSSR count). The topological polar surface area (TPSA) is 120 Å². The Morgan fingerprint density at radius 3 is 2.95 bits per heavy atom. The highest BCUT2D eigenvalue weighted by Crippen LogP contribution is 2.17. The van der Waals surface area contributed by atoms with E-state index in [0.29, 0.717) is 23.3 Å². The van der Waals surface area contributed by atoms with E-state index in [4.69, 9.17) is 10.5 Å². The molecule has 8 nitrogen and oxygen atoms in total. The lowest BCUT2D eigenvalue weighted by Gasteiger charge is -2.03.